The molecule has 0 radical (unpaired) electrons. The molecule has 1 aliphatic rings. The van der Waals surface area contributed by atoms with Crippen LogP contribution < -0.4 is 4.90 Å². The van der Waals surface area contributed by atoms with Gasteiger partial charge in [-0.2, -0.15) is 13.2 Å². The number of fused-ring (bicyclic) bond motifs is 1. The molecule has 1 aliphatic heterocycles. The summed E-state index contributed by atoms with van der Waals surface area (Å²) in [6, 6.07) is 12.0. The van der Waals surface area contributed by atoms with Gasteiger partial charge in [0.25, 0.3) is 5.91 Å². The molecular weight excluding hydrogens is 437 g/mol. The Morgan fingerprint density at radius 3 is 2.41 bits per heavy atom. The first kappa shape index (κ1) is 23.9. The minimum Gasteiger partial charge on any atom is -0.341 e. The zero-order valence-electron chi connectivity index (χ0n) is 18.0. The average Bonchev–Trinajstić information content (AvgIpc) is 2.77. The highest BCUT2D eigenvalue weighted by atomic mass is 32.2. The van der Waals surface area contributed by atoms with E-state index in [-0.39, 0.29) is 18.4 Å². The molecule has 0 N–H and O–H groups in total. The first-order chi connectivity index (χ1) is 15.2. The van der Waals surface area contributed by atoms with Crippen LogP contribution in [0.1, 0.15) is 37.8 Å². The van der Waals surface area contributed by atoms with E-state index in [9.17, 15) is 22.8 Å². The zero-order valence-corrected chi connectivity index (χ0v) is 18.8. The van der Waals surface area contributed by atoms with Crippen molar-refractivity contribution in [1.29, 1.82) is 0 Å². The van der Waals surface area contributed by atoms with E-state index in [0.29, 0.717) is 29.2 Å². The maximum absolute atomic E-state index is 13.3. The van der Waals surface area contributed by atoms with Gasteiger partial charge in [0.1, 0.15) is 6.54 Å². The van der Waals surface area contributed by atoms with Gasteiger partial charge < -0.3 is 4.90 Å². The van der Waals surface area contributed by atoms with E-state index in [1.165, 1.54) is 28.8 Å². The average molecular weight is 463 g/mol. The van der Waals surface area contributed by atoms with Crippen LogP contribution in [0.4, 0.5) is 18.9 Å². The molecule has 0 spiro atoms. The smallest absolute Gasteiger partial charge is 0.341 e. The third-order valence-electron chi connectivity index (χ3n) is 5.18. The van der Waals surface area contributed by atoms with Gasteiger partial charge in [0.2, 0.25) is 5.91 Å². The second-order valence-electron chi connectivity index (χ2n) is 7.42. The Labute approximate surface area is 190 Å². The number of amides is 2. The summed E-state index contributed by atoms with van der Waals surface area (Å²) in [5, 5.41) is 0. The Bertz CT molecular complexity index is 1000. The molecule has 0 aromatic heterocycles. The fourth-order valence-electron chi connectivity index (χ4n) is 3.38. The van der Waals surface area contributed by atoms with Crippen LogP contribution in [0.25, 0.3) is 6.08 Å². The number of hydrogen-bond donors (Lipinski definition) is 0. The molecule has 1 heterocycles. The monoisotopic (exact) mass is 462 g/mol. The van der Waals surface area contributed by atoms with Gasteiger partial charge in [-0.05, 0) is 49.2 Å². The normalized spacial score (nSPS) is 15.1. The highest BCUT2D eigenvalue weighted by Gasteiger charge is 2.32. The fraction of sp³-hybridized carbons (Fsp3) is 0.333. The van der Waals surface area contributed by atoms with Gasteiger partial charge in [0.15, 0.2) is 0 Å². The highest BCUT2D eigenvalue weighted by Crippen LogP contribution is 2.42. The van der Waals surface area contributed by atoms with E-state index in [2.05, 4.69) is 6.92 Å². The van der Waals surface area contributed by atoms with Crippen molar-refractivity contribution in [1.82, 2.24) is 4.90 Å². The molecule has 3 rings (SSSR count). The first-order valence-corrected chi connectivity index (χ1v) is 11.3. The van der Waals surface area contributed by atoms with Crippen molar-refractivity contribution in [2.24, 2.45) is 0 Å². The maximum Gasteiger partial charge on any atom is 0.416 e. The predicted molar refractivity (Wildman–Crippen MR) is 121 cm³/mol. The Morgan fingerprint density at radius 2 is 1.78 bits per heavy atom. The SMILES string of the molecule is CCCCN(CC)C(=O)CN1C(=O)/C(=C\c2ccc(C(F)(F)F)cc2)Sc2ccccc21. The summed E-state index contributed by atoms with van der Waals surface area (Å²) in [5.41, 5.74) is 0.399. The number of anilines is 1. The van der Waals surface area contributed by atoms with E-state index in [1.54, 1.807) is 17.0 Å². The lowest BCUT2D eigenvalue weighted by Gasteiger charge is -2.32. The van der Waals surface area contributed by atoms with Gasteiger partial charge in [-0.1, -0.05) is 49.4 Å². The van der Waals surface area contributed by atoms with Crippen LogP contribution in [0.3, 0.4) is 0 Å². The number of para-hydroxylation sites is 1. The molecule has 0 atom stereocenters. The third-order valence-corrected chi connectivity index (χ3v) is 6.25. The fourth-order valence-corrected chi connectivity index (χ4v) is 4.44. The minimum atomic E-state index is -4.42. The molecular formula is C24H25F3N2O2S. The van der Waals surface area contributed by atoms with Crippen molar-refractivity contribution in [2.75, 3.05) is 24.5 Å². The number of halogens is 3. The van der Waals surface area contributed by atoms with Crippen molar-refractivity contribution in [3.8, 4) is 0 Å². The molecule has 0 saturated heterocycles. The van der Waals surface area contributed by atoms with Crippen molar-refractivity contribution in [2.45, 2.75) is 37.8 Å². The van der Waals surface area contributed by atoms with Gasteiger partial charge in [-0.15, -0.1) is 0 Å². The number of alkyl halides is 3. The lowest BCUT2D eigenvalue weighted by atomic mass is 10.1. The van der Waals surface area contributed by atoms with Crippen LogP contribution in [0.5, 0.6) is 0 Å². The van der Waals surface area contributed by atoms with Gasteiger partial charge in [0, 0.05) is 18.0 Å². The number of unbranched alkanes of at least 4 members (excludes halogenated alkanes) is 1. The molecule has 0 unspecified atom stereocenters. The number of benzene rings is 2. The van der Waals surface area contributed by atoms with E-state index in [0.717, 1.165) is 29.9 Å². The standard InChI is InChI=1S/C24H25F3N2O2S/c1-3-5-14-28(4-2)22(30)16-29-19-8-6-7-9-20(19)32-21(23(29)31)15-17-10-12-18(13-11-17)24(25,26)27/h6-13,15H,3-5,14,16H2,1-2H3/b21-15+. The number of carbonyl (C=O) groups is 2. The molecule has 2 aromatic carbocycles. The highest BCUT2D eigenvalue weighted by molar-refractivity contribution is 8.04. The Hall–Kier alpha value is -2.74. The van der Waals surface area contributed by atoms with Crippen molar-refractivity contribution in [3.05, 3.63) is 64.6 Å². The van der Waals surface area contributed by atoms with Crippen molar-refractivity contribution in [3.63, 3.8) is 0 Å². The van der Waals surface area contributed by atoms with Gasteiger partial charge >= 0.3 is 6.18 Å². The number of carbonyl (C=O) groups excluding carboxylic acids is 2. The molecule has 8 heteroatoms. The molecule has 0 aliphatic carbocycles. The quantitative estimate of drug-likeness (QED) is 0.486. The summed E-state index contributed by atoms with van der Waals surface area (Å²) in [7, 11) is 0. The third kappa shape index (κ3) is 5.54. The van der Waals surface area contributed by atoms with Gasteiger partial charge in [0.05, 0.1) is 16.2 Å². The molecule has 0 fully saturated rings. The molecule has 0 bridgehead atoms. The van der Waals surface area contributed by atoms with Crippen LogP contribution in [-0.4, -0.2) is 36.3 Å². The topological polar surface area (TPSA) is 40.6 Å². The first-order valence-electron chi connectivity index (χ1n) is 10.5. The van der Waals surface area contributed by atoms with E-state index >= 15 is 0 Å². The molecule has 4 nitrogen and oxygen atoms in total. The van der Waals surface area contributed by atoms with E-state index in [1.807, 2.05) is 25.1 Å². The van der Waals surface area contributed by atoms with Crippen LogP contribution in [0, 0.1) is 0 Å². The molecule has 2 amide bonds. The molecule has 170 valence electrons. The Balaban J connectivity index is 1.89. The number of hydrogen-bond acceptors (Lipinski definition) is 3. The summed E-state index contributed by atoms with van der Waals surface area (Å²) < 4.78 is 38.5. The number of likely N-dealkylation sites (N-methyl/N-ethyl adjacent to an activating group) is 1. The second-order valence-corrected chi connectivity index (χ2v) is 8.50. The Morgan fingerprint density at radius 1 is 1.09 bits per heavy atom. The summed E-state index contributed by atoms with van der Waals surface area (Å²) >= 11 is 1.25. The van der Waals surface area contributed by atoms with Crippen LogP contribution >= 0.6 is 11.8 Å². The minimum absolute atomic E-state index is 0.0850. The molecule has 0 saturated carbocycles. The summed E-state index contributed by atoms with van der Waals surface area (Å²) in [6.45, 7) is 5.08. The molecule has 2 aromatic rings. The lowest BCUT2D eigenvalue weighted by Crippen LogP contribution is -2.44. The van der Waals surface area contributed by atoms with Crippen LogP contribution in [-0.2, 0) is 15.8 Å². The predicted octanol–water partition coefficient (Wildman–Crippen LogP) is 5.83. The summed E-state index contributed by atoms with van der Waals surface area (Å²) in [4.78, 5) is 30.5. The number of rotatable bonds is 7. The molecule has 32 heavy (non-hydrogen) atoms. The van der Waals surface area contributed by atoms with Gasteiger partial charge in [-0.3, -0.25) is 14.5 Å². The van der Waals surface area contributed by atoms with Crippen molar-refractivity contribution < 1.29 is 22.8 Å². The number of nitrogens with zero attached hydrogens (tertiary/aromatic N) is 2. The van der Waals surface area contributed by atoms with Crippen LogP contribution in [0.15, 0.2) is 58.3 Å². The maximum atomic E-state index is 13.3. The van der Waals surface area contributed by atoms with Crippen LogP contribution in [0.2, 0.25) is 0 Å². The van der Waals surface area contributed by atoms with Gasteiger partial charge in [-0.25, -0.2) is 0 Å². The summed E-state index contributed by atoms with van der Waals surface area (Å²) in [5.74, 6) is -0.474. The number of thioether (sulfide) groups is 1. The zero-order chi connectivity index (χ0) is 23.3. The van der Waals surface area contributed by atoms with Crippen molar-refractivity contribution >= 4 is 35.3 Å². The van der Waals surface area contributed by atoms with E-state index in [4.69, 9.17) is 0 Å². The second kappa shape index (κ2) is 10.3. The van der Waals surface area contributed by atoms with E-state index < -0.39 is 11.7 Å². The largest absolute Gasteiger partial charge is 0.416 e. The summed E-state index contributed by atoms with van der Waals surface area (Å²) in [6.07, 6.45) is -1.000. The Kier molecular flexibility index (Phi) is 7.66. The lowest BCUT2D eigenvalue weighted by molar-refractivity contribution is -0.137.